The molecule has 126 valence electrons. The molecule has 0 spiro atoms. The van der Waals surface area contributed by atoms with Crippen LogP contribution in [0.4, 0.5) is 17.6 Å². The van der Waals surface area contributed by atoms with Crippen molar-refractivity contribution in [3.8, 4) is 0 Å². The number of aromatic nitrogens is 4. The molecule has 2 heterocycles. The molecule has 24 heavy (non-hydrogen) atoms. The van der Waals surface area contributed by atoms with Crippen LogP contribution < -0.4 is 11.2 Å². The minimum absolute atomic E-state index is 0.0226. The first-order chi connectivity index (χ1) is 11.2. The van der Waals surface area contributed by atoms with Gasteiger partial charge in [0.25, 0.3) is 5.56 Å². The van der Waals surface area contributed by atoms with Gasteiger partial charge in [-0.3, -0.25) is 14.3 Å². The van der Waals surface area contributed by atoms with Crippen molar-refractivity contribution in [2.24, 2.45) is 7.05 Å². The lowest BCUT2D eigenvalue weighted by atomic mass is 10.0. The van der Waals surface area contributed by atoms with E-state index < -0.39 is 28.8 Å². The first-order valence-electron chi connectivity index (χ1n) is 6.70. The predicted octanol–water partition coefficient (Wildman–Crippen LogP) is 1.70. The number of aryl methyl sites for hydroxylation is 1. The van der Waals surface area contributed by atoms with Crippen LogP contribution in [0.3, 0.4) is 0 Å². The molecule has 1 aromatic carbocycles. The van der Waals surface area contributed by atoms with Crippen LogP contribution in [0.1, 0.15) is 17.0 Å². The maximum absolute atomic E-state index is 13.1. The molecular weight excluding hydrogens is 332 g/mol. The second-order valence-corrected chi connectivity index (χ2v) is 5.18. The summed E-state index contributed by atoms with van der Waals surface area (Å²) in [5.74, 6) is -0.955. The van der Waals surface area contributed by atoms with Gasteiger partial charge in [0.1, 0.15) is 17.2 Å². The van der Waals surface area contributed by atoms with Gasteiger partial charge in [0.2, 0.25) is 0 Å². The maximum Gasteiger partial charge on any atom is 0.416 e. The number of hydrogen-bond acceptors (Lipinski definition) is 3. The number of imidazole rings is 1. The number of rotatable bonds is 2. The fourth-order valence-corrected chi connectivity index (χ4v) is 2.38. The maximum atomic E-state index is 13.1. The molecule has 3 rings (SSSR count). The molecule has 0 saturated carbocycles. The summed E-state index contributed by atoms with van der Waals surface area (Å²) >= 11 is 0. The molecule has 3 aromatic rings. The molecule has 0 bridgehead atoms. The van der Waals surface area contributed by atoms with Crippen molar-refractivity contribution < 1.29 is 17.6 Å². The average molecular weight is 342 g/mol. The van der Waals surface area contributed by atoms with Gasteiger partial charge < -0.3 is 4.98 Å². The van der Waals surface area contributed by atoms with Gasteiger partial charge in [-0.1, -0.05) is 6.07 Å². The highest BCUT2D eigenvalue weighted by molar-refractivity contribution is 5.69. The van der Waals surface area contributed by atoms with E-state index in [-0.39, 0.29) is 29.0 Å². The molecule has 10 heteroatoms. The lowest BCUT2D eigenvalue weighted by Gasteiger charge is -2.11. The molecule has 0 radical (unpaired) electrons. The van der Waals surface area contributed by atoms with E-state index in [1.807, 2.05) is 0 Å². The monoisotopic (exact) mass is 342 g/mol. The number of alkyl halides is 3. The zero-order valence-corrected chi connectivity index (χ0v) is 12.2. The molecule has 0 aliphatic carbocycles. The third-order valence-corrected chi connectivity index (χ3v) is 3.54. The molecule has 2 aromatic heterocycles. The third-order valence-electron chi connectivity index (χ3n) is 3.54. The van der Waals surface area contributed by atoms with E-state index in [0.717, 1.165) is 16.7 Å². The lowest BCUT2D eigenvalue weighted by molar-refractivity contribution is -0.138. The van der Waals surface area contributed by atoms with Crippen molar-refractivity contribution in [1.29, 1.82) is 0 Å². The molecule has 0 aliphatic rings. The number of hydrogen-bond donors (Lipinski definition) is 2. The lowest BCUT2D eigenvalue weighted by Crippen LogP contribution is -2.28. The first kappa shape index (κ1) is 16.0. The van der Waals surface area contributed by atoms with Crippen LogP contribution in [0.2, 0.25) is 0 Å². The summed E-state index contributed by atoms with van der Waals surface area (Å²) in [6, 6.07) is 2.32. The van der Waals surface area contributed by atoms with E-state index in [1.54, 1.807) is 0 Å². The molecule has 0 aliphatic heterocycles. The third kappa shape index (κ3) is 2.70. The summed E-state index contributed by atoms with van der Waals surface area (Å²) in [5.41, 5.74) is -2.74. The molecule has 0 atom stereocenters. The van der Waals surface area contributed by atoms with Crippen LogP contribution in [-0.2, 0) is 19.6 Å². The van der Waals surface area contributed by atoms with Crippen molar-refractivity contribution in [2.75, 3.05) is 0 Å². The summed E-state index contributed by atoms with van der Waals surface area (Å²) in [5, 5.41) is 0. The smallest absolute Gasteiger partial charge is 0.336 e. The van der Waals surface area contributed by atoms with Crippen LogP contribution in [0.5, 0.6) is 0 Å². The Morgan fingerprint density at radius 2 is 1.92 bits per heavy atom. The van der Waals surface area contributed by atoms with E-state index in [4.69, 9.17) is 0 Å². The minimum atomic E-state index is -4.73. The van der Waals surface area contributed by atoms with Gasteiger partial charge in [-0.05, 0) is 17.7 Å². The Morgan fingerprint density at radius 3 is 2.58 bits per heavy atom. The van der Waals surface area contributed by atoms with Crippen LogP contribution in [0, 0.1) is 5.82 Å². The molecule has 0 fully saturated rings. The van der Waals surface area contributed by atoms with Crippen LogP contribution in [0.15, 0.2) is 27.8 Å². The highest BCUT2D eigenvalue weighted by Gasteiger charge is 2.34. The van der Waals surface area contributed by atoms with Gasteiger partial charge in [-0.15, -0.1) is 0 Å². The SMILES string of the molecule is Cn1c(=O)[nH]c(=O)c2[nH]c(Cc3ccc(F)cc3C(F)(F)F)nc21. The second-order valence-electron chi connectivity index (χ2n) is 5.18. The zero-order valence-electron chi connectivity index (χ0n) is 12.2. The fraction of sp³-hybridized carbons (Fsp3) is 0.214. The van der Waals surface area contributed by atoms with Crippen molar-refractivity contribution in [3.63, 3.8) is 0 Å². The quantitative estimate of drug-likeness (QED) is 0.696. The van der Waals surface area contributed by atoms with E-state index in [2.05, 4.69) is 15.0 Å². The van der Waals surface area contributed by atoms with Crippen molar-refractivity contribution in [2.45, 2.75) is 12.6 Å². The van der Waals surface area contributed by atoms with Gasteiger partial charge in [0, 0.05) is 13.5 Å². The van der Waals surface area contributed by atoms with Crippen molar-refractivity contribution in [3.05, 3.63) is 61.8 Å². The van der Waals surface area contributed by atoms with E-state index in [0.29, 0.717) is 6.07 Å². The van der Waals surface area contributed by atoms with Crippen molar-refractivity contribution >= 4 is 11.2 Å². The van der Waals surface area contributed by atoms with Gasteiger partial charge in [-0.25, -0.2) is 14.2 Å². The van der Waals surface area contributed by atoms with Crippen molar-refractivity contribution in [1.82, 2.24) is 19.5 Å². The predicted molar refractivity (Wildman–Crippen MR) is 76.2 cm³/mol. The van der Waals surface area contributed by atoms with E-state index in [1.165, 1.54) is 7.05 Å². The second kappa shape index (κ2) is 5.32. The van der Waals surface area contributed by atoms with E-state index >= 15 is 0 Å². The number of nitrogens with zero attached hydrogens (tertiary/aromatic N) is 2. The topological polar surface area (TPSA) is 83.5 Å². The highest BCUT2D eigenvalue weighted by atomic mass is 19.4. The van der Waals surface area contributed by atoms with Gasteiger partial charge in [0.05, 0.1) is 5.56 Å². The molecule has 2 N–H and O–H groups in total. The first-order valence-corrected chi connectivity index (χ1v) is 6.70. The Bertz CT molecular complexity index is 1050. The Balaban J connectivity index is 2.12. The molecule has 0 amide bonds. The van der Waals surface area contributed by atoms with Crippen LogP contribution in [0.25, 0.3) is 11.2 Å². The largest absolute Gasteiger partial charge is 0.416 e. The number of H-pyrrole nitrogens is 2. The fourth-order valence-electron chi connectivity index (χ4n) is 2.38. The summed E-state index contributed by atoms with van der Waals surface area (Å²) < 4.78 is 53.2. The molecule has 0 unspecified atom stereocenters. The van der Waals surface area contributed by atoms with Gasteiger partial charge >= 0.3 is 11.9 Å². The average Bonchev–Trinajstić information content (AvgIpc) is 2.90. The Hall–Kier alpha value is -2.91. The summed E-state index contributed by atoms with van der Waals surface area (Å²) in [6.07, 6.45) is -5.04. The molecular formula is C14H10F4N4O2. The van der Waals surface area contributed by atoms with Crippen LogP contribution in [-0.4, -0.2) is 19.5 Å². The Labute approximate surface area is 130 Å². The summed E-state index contributed by atoms with van der Waals surface area (Å²) in [7, 11) is 1.37. The Morgan fingerprint density at radius 1 is 1.21 bits per heavy atom. The number of halogens is 4. The van der Waals surface area contributed by atoms with E-state index in [9.17, 15) is 27.2 Å². The molecule has 0 saturated heterocycles. The number of fused-ring (bicyclic) bond motifs is 1. The standard InChI is InChI=1S/C14H10F4N4O2/c1-22-11-10(12(23)21-13(22)24)19-9(20-11)4-6-2-3-7(15)5-8(6)14(16,17)18/h2-3,5H,4H2,1H3,(H,19,20)(H,21,23,24). The molecule has 6 nitrogen and oxygen atoms in total. The summed E-state index contributed by atoms with van der Waals surface area (Å²) in [6.45, 7) is 0. The summed E-state index contributed by atoms with van der Waals surface area (Å²) in [4.78, 5) is 31.9. The number of nitrogens with one attached hydrogen (secondary N) is 2. The van der Waals surface area contributed by atoms with Crippen LogP contribution >= 0.6 is 0 Å². The van der Waals surface area contributed by atoms with Gasteiger partial charge in [-0.2, -0.15) is 13.2 Å². The Kier molecular flexibility index (Phi) is 3.54. The number of benzene rings is 1. The highest BCUT2D eigenvalue weighted by Crippen LogP contribution is 2.33. The zero-order chi connectivity index (χ0) is 17.6. The minimum Gasteiger partial charge on any atom is -0.336 e. The normalized spacial score (nSPS) is 12.0. The van der Waals surface area contributed by atoms with Gasteiger partial charge in [0.15, 0.2) is 5.65 Å². The number of aromatic amines is 2.